The molecular formula is C22H31NO6S. The fourth-order valence-corrected chi connectivity index (χ4v) is 4.39. The van der Waals surface area contributed by atoms with Gasteiger partial charge in [0.2, 0.25) is 0 Å². The summed E-state index contributed by atoms with van der Waals surface area (Å²) >= 11 is 1.68. The van der Waals surface area contributed by atoms with E-state index in [1.54, 1.807) is 18.9 Å². The van der Waals surface area contributed by atoms with Crippen LogP contribution in [0.3, 0.4) is 0 Å². The van der Waals surface area contributed by atoms with Gasteiger partial charge in [-0.15, -0.1) is 11.8 Å². The molecule has 0 amide bonds. The van der Waals surface area contributed by atoms with Gasteiger partial charge < -0.3 is 24.1 Å². The molecule has 8 heteroatoms. The molecule has 0 spiro atoms. The molecule has 7 nitrogen and oxygen atoms in total. The summed E-state index contributed by atoms with van der Waals surface area (Å²) < 4.78 is 22.0. The number of methoxy groups -OCH3 is 1. The summed E-state index contributed by atoms with van der Waals surface area (Å²) in [4.78, 5) is 16.2. The summed E-state index contributed by atoms with van der Waals surface area (Å²) in [5.74, 6) is 0.533. The molecule has 0 aromatic heterocycles. The van der Waals surface area contributed by atoms with Crippen molar-refractivity contribution in [3.63, 3.8) is 0 Å². The van der Waals surface area contributed by atoms with Crippen LogP contribution in [0, 0.1) is 11.8 Å². The van der Waals surface area contributed by atoms with Gasteiger partial charge in [0.05, 0.1) is 36.5 Å². The highest BCUT2D eigenvalue weighted by Crippen LogP contribution is 2.38. The number of nitrogens with zero attached hydrogens (tertiary/aromatic N) is 1. The predicted molar refractivity (Wildman–Crippen MR) is 116 cm³/mol. The van der Waals surface area contributed by atoms with Crippen LogP contribution in [0.5, 0.6) is 5.75 Å². The minimum atomic E-state index is -1.15. The van der Waals surface area contributed by atoms with Gasteiger partial charge >= 0.3 is 5.97 Å². The second kappa shape index (κ2) is 11.1. The molecule has 0 bridgehead atoms. The lowest BCUT2D eigenvalue weighted by Gasteiger charge is -2.19. The number of aliphatic hydroxyl groups excluding tert-OH is 1. The summed E-state index contributed by atoms with van der Waals surface area (Å²) in [6, 6.07) is 5.96. The maximum atomic E-state index is 11.9. The Hall–Kier alpha value is -1.61. The lowest BCUT2D eigenvalue weighted by Crippen LogP contribution is -2.28. The van der Waals surface area contributed by atoms with Crippen molar-refractivity contribution in [3.8, 4) is 5.75 Å². The van der Waals surface area contributed by atoms with Crippen molar-refractivity contribution in [2.75, 3.05) is 26.9 Å². The lowest BCUT2D eigenvalue weighted by molar-refractivity contribution is -0.181. The summed E-state index contributed by atoms with van der Waals surface area (Å²) in [7, 11) is 1.67. The van der Waals surface area contributed by atoms with Crippen LogP contribution in [0.1, 0.15) is 43.1 Å². The molecule has 0 saturated carbocycles. The highest BCUT2D eigenvalue weighted by molar-refractivity contribution is 8.12. The Labute approximate surface area is 182 Å². The van der Waals surface area contributed by atoms with E-state index in [2.05, 4.69) is 4.99 Å². The zero-order chi connectivity index (χ0) is 21.5. The average molecular weight is 438 g/mol. The molecule has 2 heterocycles. The molecule has 0 radical (unpaired) electrons. The maximum absolute atomic E-state index is 11.9. The van der Waals surface area contributed by atoms with Gasteiger partial charge in [-0.05, 0) is 17.5 Å². The number of cyclic esters (lactones) is 1. The molecule has 4 atom stereocenters. The number of benzene rings is 1. The molecule has 1 aromatic rings. The Morgan fingerprint density at radius 3 is 2.83 bits per heavy atom. The first-order valence-electron chi connectivity index (χ1n) is 10.4. The number of carbonyl (C=O) groups is 1. The van der Waals surface area contributed by atoms with Crippen LogP contribution in [-0.2, 0) is 25.6 Å². The summed E-state index contributed by atoms with van der Waals surface area (Å²) in [5.41, 5.74) is 3.86. The Kier molecular flexibility index (Phi) is 8.56. The largest absolute Gasteiger partial charge is 0.493 e. The van der Waals surface area contributed by atoms with E-state index in [9.17, 15) is 9.90 Å². The van der Waals surface area contributed by atoms with E-state index in [1.165, 1.54) is 0 Å². The van der Waals surface area contributed by atoms with Gasteiger partial charge in [-0.25, -0.2) is 0 Å². The first-order chi connectivity index (χ1) is 14.5. The monoisotopic (exact) mass is 437 g/mol. The van der Waals surface area contributed by atoms with Gasteiger partial charge in [-0.2, -0.15) is 0 Å². The van der Waals surface area contributed by atoms with Crippen molar-refractivity contribution >= 4 is 23.3 Å². The third-order valence-corrected chi connectivity index (χ3v) is 6.35. The number of hydrogen-bond acceptors (Lipinski definition) is 8. The Balaban J connectivity index is 1.60. The molecule has 30 heavy (non-hydrogen) atoms. The van der Waals surface area contributed by atoms with Crippen molar-refractivity contribution in [1.29, 1.82) is 0 Å². The standard InChI is InChI=1S/C22H31NO6S/c1-14(2)17-10-19(29-21(17)24)22(25)28-12-15-5-6-16(20-11-23-13-30-20)18(9-15)27-8-4-7-26-3/h5-6,9,13-14,17,19-20,22,25H,4,7-8,10-12H2,1-3H3/t17-,19-,20?,22+/m0/s1. The van der Waals surface area contributed by atoms with Crippen molar-refractivity contribution in [2.24, 2.45) is 16.8 Å². The fraction of sp³-hybridized carbons (Fsp3) is 0.636. The zero-order valence-electron chi connectivity index (χ0n) is 17.8. The SMILES string of the molecule is COCCCOc1cc(CO[C@@H](O)[C@@H]2C[C@@H](C(C)C)C(=O)O2)ccc1C1CN=CS1. The minimum Gasteiger partial charge on any atom is -0.493 e. The molecule has 2 aliphatic rings. The normalized spacial score (nSPS) is 24.4. The van der Waals surface area contributed by atoms with Gasteiger partial charge in [0, 0.05) is 32.1 Å². The van der Waals surface area contributed by atoms with Crippen LogP contribution in [0.25, 0.3) is 0 Å². The van der Waals surface area contributed by atoms with E-state index >= 15 is 0 Å². The van der Waals surface area contributed by atoms with E-state index in [1.807, 2.05) is 37.6 Å². The molecule has 166 valence electrons. The van der Waals surface area contributed by atoms with E-state index in [4.69, 9.17) is 18.9 Å². The summed E-state index contributed by atoms with van der Waals surface area (Å²) in [6.45, 7) is 6.09. The minimum absolute atomic E-state index is 0.178. The first kappa shape index (κ1) is 23.1. The molecule has 3 rings (SSSR count). The molecule has 1 unspecified atom stereocenters. The number of hydrogen-bond donors (Lipinski definition) is 1. The molecule has 0 aliphatic carbocycles. The van der Waals surface area contributed by atoms with Gasteiger partial charge in [-0.3, -0.25) is 9.79 Å². The van der Waals surface area contributed by atoms with Gasteiger partial charge in [0.25, 0.3) is 0 Å². The number of rotatable bonds is 11. The summed E-state index contributed by atoms with van der Waals surface area (Å²) in [5, 5.41) is 10.6. The predicted octanol–water partition coefficient (Wildman–Crippen LogP) is 3.34. The topological polar surface area (TPSA) is 86.6 Å². The fourth-order valence-electron chi connectivity index (χ4n) is 3.55. The third kappa shape index (κ3) is 5.97. The number of aliphatic imine (C=N–C) groups is 1. The quantitative estimate of drug-likeness (QED) is 0.323. The van der Waals surface area contributed by atoms with Crippen molar-refractivity contribution in [3.05, 3.63) is 29.3 Å². The van der Waals surface area contributed by atoms with E-state index in [0.29, 0.717) is 19.6 Å². The number of esters is 1. The molecule has 1 N–H and O–H groups in total. The molecular weight excluding hydrogens is 406 g/mol. The maximum Gasteiger partial charge on any atom is 0.309 e. The highest BCUT2D eigenvalue weighted by Gasteiger charge is 2.40. The van der Waals surface area contributed by atoms with E-state index < -0.39 is 12.4 Å². The second-order valence-electron chi connectivity index (χ2n) is 7.93. The van der Waals surface area contributed by atoms with Gasteiger partial charge in [-0.1, -0.05) is 26.0 Å². The third-order valence-electron chi connectivity index (χ3n) is 5.35. The average Bonchev–Trinajstić information content (AvgIpc) is 3.39. The first-order valence-corrected chi connectivity index (χ1v) is 11.3. The number of aliphatic hydroxyl groups is 1. The van der Waals surface area contributed by atoms with Gasteiger partial charge in [0.1, 0.15) is 5.75 Å². The van der Waals surface area contributed by atoms with E-state index in [-0.39, 0.29) is 29.7 Å². The Morgan fingerprint density at radius 2 is 2.17 bits per heavy atom. The van der Waals surface area contributed by atoms with E-state index in [0.717, 1.165) is 29.8 Å². The zero-order valence-corrected chi connectivity index (χ0v) is 18.6. The van der Waals surface area contributed by atoms with Crippen LogP contribution >= 0.6 is 11.8 Å². The van der Waals surface area contributed by atoms with Crippen LogP contribution in [0.2, 0.25) is 0 Å². The summed E-state index contributed by atoms with van der Waals surface area (Å²) in [6.07, 6.45) is -0.500. The Bertz CT molecular complexity index is 732. The number of carbonyl (C=O) groups excluding carboxylic acids is 1. The second-order valence-corrected chi connectivity index (χ2v) is 8.98. The highest BCUT2D eigenvalue weighted by atomic mass is 32.2. The van der Waals surface area contributed by atoms with Crippen LogP contribution in [0.4, 0.5) is 0 Å². The Morgan fingerprint density at radius 1 is 1.33 bits per heavy atom. The van der Waals surface area contributed by atoms with Gasteiger partial charge in [0.15, 0.2) is 12.4 Å². The van der Waals surface area contributed by atoms with Crippen LogP contribution in [0.15, 0.2) is 23.2 Å². The molecule has 1 fully saturated rings. The smallest absolute Gasteiger partial charge is 0.309 e. The number of ether oxygens (including phenoxy) is 4. The number of thioether (sulfide) groups is 1. The molecule has 1 aromatic carbocycles. The molecule has 1 saturated heterocycles. The van der Waals surface area contributed by atoms with Crippen molar-refractivity contribution < 1.29 is 28.8 Å². The van der Waals surface area contributed by atoms with Crippen molar-refractivity contribution in [2.45, 2.75) is 50.9 Å². The van der Waals surface area contributed by atoms with Crippen LogP contribution in [-0.4, -0.2) is 55.9 Å². The molecule has 2 aliphatic heterocycles. The lowest BCUT2D eigenvalue weighted by atomic mass is 9.93. The van der Waals surface area contributed by atoms with Crippen molar-refractivity contribution in [1.82, 2.24) is 0 Å². The van der Waals surface area contributed by atoms with Crippen LogP contribution < -0.4 is 4.74 Å².